The molecule has 2 aromatic rings. The minimum absolute atomic E-state index is 0.137. The van der Waals surface area contributed by atoms with Gasteiger partial charge in [-0.25, -0.2) is 4.39 Å². The van der Waals surface area contributed by atoms with E-state index in [9.17, 15) is 4.39 Å². The van der Waals surface area contributed by atoms with Gasteiger partial charge >= 0.3 is 0 Å². The van der Waals surface area contributed by atoms with Crippen molar-refractivity contribution in [1.82, 2.24) is 10.1 Å². The molecular formula is C13H16FN3O2. The van der Waals surface area contributed by atoms with E-state index in [2.05, 4.69) is 10.1 Å². The maximum atomic E-state index is 13.0. The molecule has 0 amide bonds. The van der Waals surface area contributed by atoms with E-state index in [1.807, 2.05) is 13.8 Å². The Bertz CT molecular complexity index is 555. The summed E-state index contributed by atoms with van der Waals surface area (Å²) in [6.07, 6.45) is 0. The first-order valence-corrected chi connectivity index (χ1v) is 6.04. The summed E-state index contributed by atoms with van der Waals surface area (Å²) in [6.45, 7) is 4.29. The number of nitrogens with two attached hydrogens (primary N) is 1. The summed E-state index contributed by atoms with van der Waals surface area (Å²) in [5.74, 6) is 1.40. The first-order valence-electron chi connectivity index (χ1n) is 6.04. The number of nitrogens with zero attached hydrogens (tertiary/aromatic N) is 2. The van der Waals surface area contributed by atoms with Gasteiger partial charge in [0.2, 0.25) is 0 Å². The van der Waals surface area contributed by atoms with Gasteiger partial charge in [0.05, 0.1) is 0 Å². The first-order chi connectivity index (χ1) is 9.10. The Hall–Kier alpha value is -1.95. The van der Waals surface area contributed by atoms with Crippen LogP contribution in [0.4, 0.5) is 4.39 Å². The molecule has 0 aliphatic carbocycles. The fourth-order valence-electron chi connectivity index (χ4n) is 1.55. The minimum atomic E-state index is -0.340. The average molecular weight is 265 g/mol. The monoisotopic (exact) mass is 265 g/mol. The Labute approximate surface area is 110 Å². The summed E-state index contributed by atoms with van der Waals surface area (Å²) in [6, 6.07) is 4.21. The smallest absolute Gasteiger partial charge is 0.264 e. The number of aromatic nitrogens is 2. The van der Waals surface area contributed by atoms with Crippen molar-refractivity contribution in [3.05, 3.63) is 41.3 Å². The van der Waals surface area contributed by atoms with Crippen molar-refractivity contribution < 1.29 is 13.7 Å². The summed E-state index contributed by atoms with van der Waals surface area (Å²) in [5, 5.41) is 3.83. The molecule has 0 spiro atoms. The fraction of sp³-hybridized carbons (Fsp3) is 0.385. The minimum Gasteiger partial charge on any atom is -0.483 e. The van der Waals surface area contributed by atoms with Crippen LogP contribution in [-0.2, 0) is 13.2 Å². The molecule has 0 bridgehead atoms. The molecule has 0 aliphatic rings. The Morgan fingerprint density at radius 3 is 2.84 bits per heavy atom. The van der Waals surface area contributed by atoms with Gasteiger partial charge in [-0.15, -0.1) is 0 Å². The molecule has 0 aliphatic heterocycles. The molecule has 0 atom stereocenters. The highest BCUT2D eigenvalue weighted by molar-refractivity contribution is 5.33. The zero-order valence-electron chi connectivity index (χ0n) is 10.9. The molecule has 1 heterocycles. The van der Waals surface area contributed by atoms with E-state index in [1.54, 1.807) is 0 Å². The normalized spacial score (nSPS) is 11.0. The van der Waals surface area contributed by atoms with E-state index in [1.165, 1.54) is 18.2 Å². The molecule has 5 nitrogen and oxygen atoms in total. The Morgan fingerprint density at radius 1 is 1.42 bits per heavy atom. The third-order valence-corrected chi connectivity index (χ3v) is 2.59. The van der Waals surface area contributed by atoms with E-state index in [-0.39, 0.29) is 24.9 Å². The SMILES string of the molecule is CC(C)c1noc(COc2ccc(F)cc2CN)n1. The van der Waals surface area contributed by atoms with Crippen LogP contribution in [0.15, 0.2) is 22.7 Å². The summed E-state index contributed by atoms with van der Waals surface area (Å²) in [5.41, 5.74) is 6.13. The van der Waals surface area contributed by atoms with Crippen molar-refractivity contribution in [2.45, 2.75) is 32.9 Å². The zero-order chi connectivity index (χ0) is 13.8. The van der Waals surface area contributed by atoms with Crippen LogP contribution < -0.4 is 10.5 Å². The van der Waals surface area contributed by atoms with Gasteiger partial charge in [0.25, 0.3) is 5.89 Å². The molecule has 0 saturated heterocycles. The molecule has 2 N–H and O–H groups in total. The lowest BCUT2D eigenvalue weighted by atomic mass is 10.2. The van der Waals surface area contributed by atoms with Gasteiger partial charge in [-0.2, -0.15) is 4.98 Å². The van der Waals surface area contributed by atoms with Crippen molar-refractivity contribution in [3.8, 4) is 5.75 Å². The highest BCUT2D eigenvalue weighted by Crippen LogP contribution is 2.20. The van der Waals surface area contributed by atoms with Crippen LogP contribution in [0.25, 0.3) is 0 Å². The number of hydrogen-bond acceptors (Lipinski definition) is 5. The van der Waals surface area contributed by atoms with E-state index in [0.717, 1.165) is 0 Å². The van der Waals surface area contributed by atoms with Gasteiger partial charge in [0.15, 0.2) is 12.4 Å². The highest BCUT2D eigenvalue weighted by Gasteiger charge is 2.11. The molecule has 1 aromatic heterocycles. The average Bonchev–Trinajstić information content (AvgIpc) is 2.86. The third kappa shape index (κ3) is 3.29. The van der Waals surface area contributed by atoms with E-state index < -0.39 is 0 Å². The van der Waals surface area contributed by atoms with Crippen LogP contribution in [-0.4, -0.2) is 10.1 Å². The largest absolute Gasteiger partial charge is 0.483 e. The van der Waals surface area contributed by atoms with Gasteiger partial charge in [-0.1, -0.05) is 19.0 Å². The quantitative estimate of drug-likeness (QED) is 0.898. The van der Waals surface area contributed by atoms with Crippen molar-refractivity contribution in [1.29, 1.82) is 0 Å². The van der Waals surface area contributed by atoms with Crippen molar-refractivity contribution in [2.24, 2.45) is 5.73 Å². The molecule has 19 heavy (non-hydrogen) atoms. The van der Waals surface area contributed by atoms with Gasteiger partial charge in [-0.3, -0.25) is 0 Å². The van der Waals surface area contributed by atoms with Gasteiger partial charge in [0.1, 0.15) is 11.6 Å². The summed E-state index contributed by atoms with van der Waals surface area (Å²) >= 11 is 0. The number of rotatable bonds is 5. The van der Waals surface area contributed by atoms with Crippen LogP contribution in [0, 0.1) is 5.82 Å². The lowest BCUT2D eigenvalue weighted by Crippen LogP contribution is -2.03. The number of halogens is 1. The molecule has 0 fully saturated rings. The lowest BCUT2D eigenvalue weighted by Gasteiger charge is -2.08. The number of hydrogen-bond donors (Lipinski definition) is 1. The maximum absolute atomic E-state index is 13.0. The summed E-state index contributed by atoms with van der Waals surface area (Å²) in [4.78, 5) is 4.19. The topological polar surface area (TPSA) is 74.2 Å². The Balaban J connectivity index is 2.05. The standard InChI is InChI=1S/C13H16FN3O2/c1-8(2)13-16-12(19-17-13)7-18-11-4-3-10(14)5-9(11)6-15/h3-5,8H,6-7,15H2,1-2H3. The molecule has 0 radical (unpaired) electrons. The van der Waals surface area contributed by atoms with Crippen molar-refractivity contribution in [2.75, 3.05) is 0 Å². The second-order valence-electron chi connectivity index (χ2n) is 4.45. The van der Waals surface area contributed by atoms with Crippen LogP contribution >= 0.6 is 0 Å². The molecule has 1 aromatic carbocycles. The molecule has 6 heteroatoms. The second kappa shape index (κ2) is 5.79. The van der Waals surface area contributed by atoms with E-state index >= 15 is 0 Å². The van der Waals surface area contributed by atoms with E-state index in [0.29, 0.717) is 23.0 Å². The fourth-order valence-corrected chi connectivity index (χ4v) is 1.55. The first kappa shape index (κ1) is 13.5. The molecular weight excluding hydrogens is 249 g/mol. The lowest BCUT2D eigenvalue weighted by molar-refractivity contribution is 0.240. The van der Waals surface area contributed by atoms with Crippen molar-refractivity contribution >= 4 is 0 Å². The van der Waals surface area contributed by atoms with Crippen LogP contribution in [0.3, 0.4) is 0 Å². The van der Waals surface area contributed by atoms with Gasteiger partial charge in [-0.05, 0) is 18.2 Å². The molecule has 2 rings (SSSR count). The Kier molecular flexibility index (Phi) is 4.11. The zero-order valence-corrected chi connectivity index (χ0v) is 10.9. The predicted octanol–water partition coefficient (Wildman–Crippen LogP) is 2.37. The van der Waals surface area contributed by atoms with E-state index in [4.69, 9.17) is 15.0 Å². The molecule has 0 saturated carbocycles. The summed E-state index contributed by atoms with van der Waals surface area (Å²) in [7, 11) is 0. The van der Waals surface area contributed by atoms with Crippen LogP contribution in [0.5, 0.6) is 5.75 Å². The number of ether oxygens (including phenoxy) is 1. The second-order valence-corrected chi connectivity index (χ2v) is 4.45. The molecule has 0 unspecified atom stereocenters. The Morgan fingerprint density at radius 2 is 2.21 bits per heavy atom. The third-order valence-electron chi connectivity index (χ3n) is 2.59. The highest BCUT2D eigenvalue weighted by atomic mass is 19.1. The maximum Gasteiger partial charge on any atom is 0.264 e. The predicted molar refractivity (Wildman–Crippen MR) is 67.0 cm³/mol. The van der Waals surface area contributed by atoms with Crippen LogP contribution in [0.2, 0.25) is 0 Å². The van der Waals surface area contributed by atoms with Gasteiger partial charge < -0.3 is 15.0 Å². The van der Waals surface area contributed by atoms with Crippen molar-refractivity contribution in [3.63, 3.8) is 0 Å². The van der Waals surface area contributed by atoms with Crippen LogP contribution in [0.1, 0.15) is 37.0 Å². The number of benzene rings is 1. The summed E-state index contributed by atoms with van der Waals surface area (Å²) < 4.78 is 23.6. The van der Waals surface area contributed by atoms with Gasteiger partial charge in [0, 0.05) is 18.0 Å². The molecule has 102 valence electrons.